The van der Waals surface area contributed by atoms with E-state index in [1.807, 2.05) is 25.5 Å². The number of aromatic nitrogens is 3. The molecule has 3 rings (SSSR count). The molecule has 0 spiro atoms. The van der Waals surface area contributed by atoms with Gasteiger partial charge in [-0.1, -0.05) is 0 Å². The lowest BCUT2D eigenvalue weighted by molar-refractivity contribution is 0.0947. The Morgan fingerprint density at radius 3 is 2.86 bits per heavy atom. The van der Waals surface area contributed by atoms with Crippen LogP contribution in [0.5, 0.6) is 11.5 Å². The Morgan fingerprint density at radius 1 is 1.36 bits per heavy atom. The van der Waals surface area contributed by atoms with E-state index in [0.717, 1.165) is 11.6 Å². The van der Waals surface area contributed by atoms with Crippen molar-refractivity contribution in [3.63, 3.8) is 0 Å². The highest BCUT2D eigenvalue weighted by atomic mass is 16.7. The second-order valence-corrected chi connectivity index (χ2v) is 5.28. The number of nitrogens with zero attached hydrogens (tertiary/aromatic N) is 3. The van der Waals surface area contributed by atoms with Gasteiger partial charge in [-0.3, -0.25) is 4.79 Å². The summed E-state index contributed by atoms with van der Waals surface area (Å²) in [5.74, 6) is 2.68. The van der Waals surface area contributed by atoms with Crippen molar-refractivity contribution in [2.24, 2.45) is 0 Å². The number of rotatable bonds is 4. The van der Waals surface area contributed by atoms with Crippen LogP contribution in [0.2, 0.25) is 0 Å². The van der Waals surface area contributed by atoms with E-state index in [1.54, 1.807) is 18.2 Å². The van der Waals surface area contributed by atoms with Gasteiger partial charge in [0.15, 0.2) is 11.5 Å². The molecule has 1 aliphatic rings. The standard InChI is InChI=1S/C15H18N4O3/c1-9(19-11(3)17-10(2)18-19)7-16-15(20)12-4-5-13-14(6-12)22-8-21-13/h4-6,9H,7-8H2,1-3H3,(H,16,20)/t9-/m0/s1. The number of nitrogens with one attached hydrogen (secondary N) is 1. The van der Waals surface area contributed by atoms with Crippen molar-refractivity contribution in [2.45, 2.75) is 26.8 Å². The summed E-state index contributed by atoms with van der Waals surface area (Å²) >= 11 is 0. The van der Waals surface area contributed by atoms with Crippen molar-refractivity contribution in [3.8, 4) is 11.5 Å². The zero-order valence-electron chi connectivity index (χ0n) is 12.8. The van der Waals surface area contributed by atoms with Crippen LogP contribution in [0.4, 0.5) is 0 Å². The summed E-state index contributed by atoms with van der Waals surface area (Å²) in [5, 5.41) is 7.23. The first-order chi connectivity index (χ1) is 10.5. The minimum absolute atomic E-state index is 0.0270. The van der Waals surface area contributed by atoms with E-state index >= 15 is 0 Å². The van der Waals surface area contributed by atoms with Crippen molar-refractivity contribution >= 4 is 5.91 Å². The maximum absolute atomic E-state index is 12.2. The fraction of sp³-hybridized carbons (Fsp3) is 0.400. The second kappa shape index (κ2) is 5.67. The number of hydrogen-bond acceptors (Lipinski definition) is 5. The number of aryl methyl sites for hydroxylation is 2. The number of carbonyl (C=O) groups is 1. The van der Waals surface area contributed by atoms with Gasteiger partial charge in [0.2, 0.25) is 6.79 Å². The van der Waals surface area contributed by atoms with Gasteiger partial charge < -0.3 is 14.8 Å². The molecular formula is C15H18N4O3. The summed E-state index contributed by atoms with van der Waals surface area (Å²) in [6, 6.07) is 5.18. The van der Waals surface area contributed by atoms with Gasteiger partial charge in [-0.15, -0.1) is 0 Å². The topological polar surface area (TPSA) is 78.3 Å². The van der Waals surface area contributed by atoms with Gasteiger partial charge in [0.25, 0.3) is 5.91 Å². The highest BCUT2D eigenvalue weighted by Crippen LogP contribution is 2.32. The predicted molar refractivity (Wildman–Crippen MR) is 79.1 cm³/mol. The van der Waals surface area contributed by atoms with Crippen molar-refractivity contribution in [2.75, 3.05) is 13.3 Å². The van der Waals surface area contributed by atoms with Crippen LogP contribution in [-0.4, -0.2) is 34.0 Å². The summed E-state index contributed by atoms with van der Waals surface area (Å²) in [5.41, 5.74) is 0.544. The molecule has 0 radical (unpaired) electrons. The predicted octanol–water partition coefficient (Wildman–Crippen LogP) is 1.61. The molecule has 7 heteroatoms. The Balaban J connectivity index is 1.63. The molecular weight excluding hydrogens is 284 g/mol. The van der Waals surface area contributed by atoms with Crippen LogP contribution in [0.1, 0.15) is 35.0 Å². The van der Waals surface area contributed by atoms with Crippen molar-refractivity contribution < 1.29 is 14.3 Å². The number of carbonyl (C=O) groups excluding carboxylic acids is 1. The zero-order valence-corrected chi connectivity index (χ0v) is 12.8. The van der Waals surface area contributed by atoms with E-state index in [9.17, 15) is 4.79 Å². The third-order valence-corrected chi connectivity index (χ3v) is 3.52. The Morgan fingerprint density at radius 2 is 2.14 bits per heavy atom. The van der Waals surface area contributed by atoms with Crippen LogP contribution in [0.15, 0.2) is 18.2 Å². The Kier molecular flexibility index (Phi) is 3.70. The van der Waals surface area contributed by atoms with E-state index in [1.165, 1.54) is 0 Å². The van der Waals surface area contributed by atoms with Gasteiger partial charge in [-0.05, 0) is 39.0 Å². The van der Waals surface area contributed by atoms with Gasteiger partial charge in [0, 0.05) is 12.1 Å². The van der Waals surface area contributed by atoms with E-state index in [-0.39, 0.29) is 18.7 Å². The lowest BCUT2D eigenvalue weighted by atomic mass is 10.2. The van der Waals surface area contributed by atoms with Gasteiger partial charge in [0.05, 0.1) is 6.04 Å². The number of benzene rings is 1. The molecule has 0 saturated carbocycles. The Labute approximate surface area is 128 Å². The minimum atomic E-state index is -0.153. The van der Waals surface area contributed by atoms with Crippen LogP contribution in [-0.2, 0) is 0 Å². The number of amides is 1. The average molecular weight is 302 g/mol. The number of ether oxygens (including phenoxy) is 2. The molecule has 2 aromatic rings. The van der Waals surface area contributed by atoms with Crippen LogP contribution >= 0.6 is 0 Å². The molecule has 1 aromatic carbocycles. The monoisotopic (exact) mass is 302 g/mol. The fourth-order valence-electron chi connectivity index (χ4n) is 2.42. The number of fused-ring (bicyclic) bond motifs is 1. The van der Waals surface area contributed by atoms with E-state index in [4.69, 9.17) is 9.47 Å². The van der Waals surface area contributed by atoms with Gasteiger partial charge in [-0.25, -0.2) is 9.67 Å². The van der Waals surface area contributed by atoms with E-state index < -0.39 is 0 Å². The first-order valence-electron chi connectivity index (χ1n) is 7.12. The van der Waals surface area contributed by atoms with E-state index in [0.29, 0.717) is 23.6 Å². The van der Waals surface area contributed by atoms with Crippen LogP contribution in [0, 0.1) is 13.8 Å². The first-order valence-corrected chi connectivity index (χ1v) is 7.12. The van der Waals surface area contributed by atoms with E-state index in [2.05, 4.69) is 15.4 Å². The molecule has 1 aliphatic heterocycles. The van der Waals surface area contributed by atoms with Gasteiger partial charge in [0.1, 0.15) is 11.6 Å². The normalized spacial score (nSPS) is 14.0. The summed E-state index contributed by atoms with van der Waals surface area (Å²) in [6.07, 6.45) is 0. The second-order valence-electron chi connectivity index (χ2n) is 5.28. The van der Waals surface area contributed by atoms with Crippen molar-refractivity contribution in [1.29, 1.82) is 0 Å². The Bertz CT molecular complexity index is 711. The molecule has 0 fully saturated rings. The zero-order chi connectivity index (χ0) is 15.7. The molecule has 116 valence electrons. The van der Waals surface area contributed by atoms with Crippen LogP contribution < -0.4 is 14.8 Å². The highest BCUT2D eigenvalue weighted by molar-refractivity contribution is 5.94. The lowest BCUT2D eigenvalue weighted by Crippen LogP contribution is -2.30. The molecule has 0 unspecified atom stereocenters. The summed E-state index contributed by atoms with van der Waals surface area (Å²) in [7, 11) is 0. The van der Waals surface area contributed by atoms with Crippen LogP contribution in [0.3, 0.4) is 0 Å². The SMILES string of the molecule is Cc1nc(C)n([C@@H](C)CNC(=O)c2ccc3c(c2)OCO3)n1. The lowest BCUT2D eigenvalue weighted by Gasteiger charge is -2.14. The number of hydrogen-bond donors (Lipinski definition) is 1. The molecule has 1 N–H and O–H groups in total. The molecule has 7 nitrogen and oxygen atoms in total. The molecule has 0 saturated heterocycles. The summed E-state index contributed by atoms with van der Waals surface area (Å²) in [6.45, 7) is 6.40. The smallest absolute Gasteiger partial charge is 0.251 e. The fourth-order valence-corrected chi connectivity index (χ4v) is 2.42. The van der Waals surface area contributed by atoms with Gasteiger partial charge >= 0.3 is 0 Å². The highest BCUT2D eigenvalue weighted by Gasteiger charge is 2.17. The molecule has 22 heavy (non-hydrogen) atoms. The molecule has 0 aliphatic carbocycles. The van der Waals surface area contributed by atoms with Crippen LogP contribution in [0.25, 0.3) is 0 Å². The molecule has 1 atom stereocenters. The maximum Gasteiger partial charge on any atom is 0.251 e. The largest absolute Gasteiger partial charge is 0.454 e. The van der Waals surface area contributed by atoms with Crippen molar-refractivity contribution in [1.82, 2.24) is 20.1 Å². The molecule has 1 amide bonds. The maximum atomic E-state index is 12.2. The Hall–Kier alpha value is -2.57. The quantitative estimate of drug-likeness (QED) is 0.928. The minimum Gasteiger partial charge on any atom is -0.454 e. The third-order valence-electron chi connectivity index (χ3n) is 3.52. The first kappa shape index (κ1) is 14.4. The molecule has 2 heterocycles. The molecule has 1 aromatic heterocycles. The third kappa shape index (κ3) is 2.74. The molecule has 0 bridgehead atoms. The van der Waals surface area contributed by atoms with Crippen molar-refractivity contribution in [3.05, 3.63) is 35.4 Å². The summed E-state index contributed by atoms with van der Waals surface area (Å²) < 4.78 is 12.3. The van der Waals surface area contributed by atoms with Gasteiger partial charge in [-0.2, -0.15) is 5.10 Å². The average Bonchev–Trinajstić information content (AvgIpc) is 3.09. The summed E-state index contributed by atoms with van der Waals surface area (Å²) in [4.78, 5) is 16.5.